The average Bonchev–Trinajstić information content (AvgIpc) is 3.75. The van der Waals surface area contributed by atoms with Gasteiger partial charge in [-0.25, -0.2) is 0 Å². The molecular weight excluding hydrogens is 615 g/mol. The largest absolute Gasteiger partial charge is 0.456 e. The smallest absolute Gasteiger partial charge is 0.137 e. The molecule has 0 amide bonds. The molecule has 0 saturated carbocycles. The fraction of sp³-hybridized carbons (Fsp3) is 0. The number of rotatable bonds is 5. The van der Waals surface area contributed by atoms with E-state index in [1.165, 1.54) is 53.2 Å². The quantitative estimate of drug-likeness (QED) is 0.186. The molecule has 0 radical (unpaired) electrons. The standard InChI is InChI=1S/C46H29NOS/c1-2-12-31(13-3-1)39-29-33(28-32-14-4-5-15-35(32)39)30-24-26-34(27-25-30)47(40-19-11-22-43-45(40)38-17-6-8-21-42(38)48-43)41-20-10-18-37-36-16-7-9-23-44(36)49-46(37)41/h1-29H. The third-order valence-corrected chi connectivity index (χ3v) is 10.9. The van der Waals surface area contributed by atoms with E-state index in [2.05, 4.69) is 175 Å². The summed E-state index contributed by atoms with van der Waals surface area (Å²) < 4.78 is 8.94. The van der Waals surface area contributed by atoms with Crippen molar-refractivity contribution in [3.05, 3.63) is 176 Å². The van der Waals surface area contributed by atoms with Crippen LogP contribution in [0.3, 0.4) is 0 Å². The summed E-state index contributed by atoms with van der Waals surface area (Å²) >= 11 is 1.85. The highest BCUT2D eigenvalue weighted by Gasteiger charge is 2.22. The molecule has 0 bridgehead atoms. The molecular formula is C46H29NOS. The van der Waals surface area contributed by atoms with Crippen molar-refractivity contribution in [2.24, 2.45) is 0 Å². The summed E-state index contributed by atoms with van der Waals surface area (Å²) in [5.41, 5.74) is 9.96. The zero-order valence-electron chi connectivity index (χ0n) is 26.5. The zero-order chi connectivity index (χ0) is 32.3. The van der Waals surface area contributed by atoms with Gasteiger partial charge in [0.2, 0.25) is 0 Å². The van der Waals surface area contributed by atoms with Crippen molar-refractivity contribution < 1.29 is 4.42 Å². The summed E-state index contributed by atoms with van der Waals surface area (Å²) in [6, 6.07) is 63.2. The van der Waals surface area contributed by atoms with Gasteiger partial charge in [-0.1, -0.05) is 121 Å². The van der Waals surface area contributed by atoms with E-state index in [4.69, 9.17) is 4.42 Å². The first-order valence-corrected chi connectivity index (χ1v) is 17.4. The highest BCUT2D eigenvalue weighted by atomic mass is 32.1. The first-order valence-electron chi connectivity index (χ1n) is 16.6. The van der Waals surface area contributed by atoms with E-state index in [0.29, 0.717) is 0 Å². The van der Waals surface area contributed by atoms with Crippen LogP contribution in [0.2, 0.25) is 0 Å². The molecule has 10 aromatic rings. The monoisotopic (exact) mass is 643 g/mol. The van der Waals surface area contributed by atoms with Gasteiger partial charge in [0.1, 0.15) is 11.2 Å². The van der Waals surface area contributed by atoms with Crippen LogP contribution in [0, 0.1) is 0 Å². The molecule has 0 atom stereocenters. The third-order valence-electron chi connectivity index (χ3n) is 9.65. The second-order valence-electron chi connectivity index (χ2n) is 12.5. The molecule has 2 aromatic heterocycles. The lowest BCUT2D eigenvalue weighted by atomic mass is 9.93. The number of hydrogen-bond acceptors (Lipinski definition) is 3. The number of fused-ring (bicyclic) bond motifs is 7. The third kappa shape index (κ3) is 4.55. The Kier molecular flexibility index (Phi) is 6.39. The summed E-state index contributed by atoms with van der Waals surface area (Å²) in [6.45, 7) is 0. The number of furan rings is 1. The summed E-state index contributed by atoms with van der Waals surface area (Å²) in [4.78, 5) is 2.42. The van der Waals surface area contributed by atoms with Crippen LogP contribution in [0.4, 0.5) is 17.1 Å². The van der Waals surface area contributed by atoms with Crippen LogP contribution < -0.4 is 4.90 Å². The van der Waals surface area contributed by atoms with Gasteiger partial charge in [-0.15, -0.1) is 11.3 Å². The SMILES string of the molecule is c1ccc(-c2cc(-c3ccc(N(c4cccc5c4sc4ccccc45)c4cccc5oc6ccccc6c45)cc3)cc3ccccc23)cc1. The number of nitrogens with zero attached hydrogens (tertiary/aromatic N) is 1. The van der Waals surface area contributed by atoms with Crippen LogP contribution in [0.5, 0.6) is 0 Å². The van der Waals surface area contributed by atoms with Gasteiger partial charge in [0.05, 0.1) is 21.5 Å². The number of anilines is 3. The fourth-order valence-electron chi connectivity index (χ4n) is 7.40. The molecule has 0 spiro atoms. The lowest BCUT2D eigenvalue weighted by Gasteiger charge is -2.27. The molecule has 0 aliphatic heterocycles. The van der Waals surface area contributed by atoms with Crippen molar-refractivity contribution in [1.29, 1.82) is 0 Å². The van der Waals surface area contributed by atoms with Crippen LogP contribution in [-0.2, 0) is 0 Å². The first kappa shape index (κ1) is 27.9. The lowest BCUT2D eigenvalue weighted by Crippen LogP contribution is -2.10. The van der Waals surface area contributed by atoms with E-state index in [1.807, 2.05) is 17.4 Å². The van der Waals surface area contributed by atoms with Crippen LogP contribution >= 0.6 is 11.3 Å². The van der Waals surface area contributed by atoms with E-state index in [-0.39, 0.29) is 0 Å². The van der Waals surface area contributed by atoms with Crippen molar-refractivity contribution in [2.45, 2.75) is 0 Å². The van der Waals surface area contributed by atoms with Gasteiger partial charge in [0.15, 0.2) is 0 Å². The Morgan fingerprint density at radius 2 is 1.10 bits per heavy atom. The number of thiophene rings is 1. The number of hydrogen-bond donors (Lipinski definition) is 0. The molecule has 2 nitrogen and oxygen atoms in total. The van der Waals surface area contributed by atoms with E-state index >= 15 is 0 Å². The predicted molar refractivity (Wildman–Crippen MR) is 210 cm³/mol. The Morgan fingerprint density at radius 3 is 1.98 bits per heavy atom. The topological polar surface area (TPSA) is 16.4 Å². The van der Waals surface area contributed by atoms with E-state index in [9.17, 15) is 0 Å². The van der Waals surface area contributed by atoms with Gasteiger partial charge >= 0.3 is 0 Å². The minimum atomic E-state index is 0.883. The maximum atomic E-state index is 6.39. The molecule has 2 heterocycles. The highest BCUT2D eigenvalue weighted by molar-refractivity contribution is 7.26. The molecule has 0 aliphatic rings. The van der Waals surface area contributed by atoms with E-state index in [0.717, 1.165) is 39.0 Å². The van der Waals surface area contributed by atoms with Crippen molar-refractivity contribution >= 4 is 81.3 Å². The lowest BCUT2D eigenvalue weighted by molar-refractivity contribution is 0.669. The maximum absolute atomic E-state index is 6.39. The Balaban J connectivity index is 1.19. The molecule has 0 aliphatic carbocycles. The molecule has 230 valence electrons. The molecule has 49 heavy (non-hydrogen) atoms. The molecule has 8 aromatic carbocycles. The molecule has 0 unspecified atom stereocenters. The normalized spacial score (nSPS) is 11.7. The van der Waals surface area contributed by atoms with Crippen molar-refractivity contribution in [3.63, 3.8) is 0 Å². The summed E-state index contributed by atoms with van der Waals surface area (Å²) in [6.07, 6.45) is 0. The van der Waals surface area contributed by atoms with Crippen LogP contribution in [-0.4, -0.2) is 0 Å². The van der Waals surface area contributed by atoms with Crippen LogP contribution in [0.1, 0.15) is 0 Å². The minimum absolute atomic E-state index is 0.883. The van der Waals surface area contributed by atoms with Crippen molar-refractivity contribution in [2.75, 3.05) is 4.90 Å². The maximum Gasteiger partial charge on any atom is 0.137 e. The molecule has 0 fully saturated rings. The van der Waals surface area contributed by atoms with E-state index in [1.54, 1.807) is 0 Å². The van der Waals surface area contributed by atoms with Gasteiger partial charge in [0, 0.05) is 26.5 Å². The van der Waals surface area contributed by atoms with Gasteiger partial charge in [-0.3, -0.25) is 0 Å². The Hall–Kier alpha value is -6.16. The minimum Gasteiger partial charge on any atom is -0.456 e. The van der Waals surface area contributed by atoms with Crippen LogP contribution in [0.15, 0.2) is 180 Å². The predicted octanol–water partition coefficient (Wildman–Crippen LogP) is 13.9. The number of benzene rings is 8. The second kappa shape index (κ2) is 11.2. The summed E-state index contributed by atoms with van der Waals surface area (Å²) in [7, 11) is 0. The Bertz CT molecular complexity index is 2830. The average molecular weight is 644 g/mol. The highest BCUT2D eigenvalue weighted by Crippen LogP contribution is 2.48. The van der Waals surface area contributed by atoms with Gasteiger partial charge < -0.3 is 9.32 Å². The first-order chi connectivity index (χ1) is 24.3. The van der Waals surface area contributed by atoms with Crippen molar-refractivity contribution in [3.8, 4) is 22.3 Å². The summed E-state index contributed by atoms with van der Waals surface area (Å²) in [5.74, 6) is 0. The molecule has 3 heteroatoms. The Labute approximate surface area is 287 Å². The molecule has 10 rings (SSSR count). The Morgan fingerprint density at radius 1 is 0.429 bits per heavy atom. The number of para-hydroxylation sites is 1. The molecule has 0 saturated heterocycles. The second-order valence-corrected chi connectivity index (χ2v) is 13.5. The van der Waals surface area contributed by atoms with Crippen LogP contribution in [0.25, 0.3) is 75.1 Å². The zero-order valence-corrected chi connectivity index (χ0v) is 27.3. The fourth-order valence-corrected chi connectivity index (χ4v) is 8.60. The molecule has 0 N–H and O–H groups in total. The van der Waals surface area contributed by atoms with Gasteiger partial charge in [0.25, 0.3) is 0 Å². The van der Waals surface area contributed by atoms with E-state index < -0.39 is 0 Å². The van der Waals surface area contributed by atoms with Crippen molar-refractivity contribution in [1.82, 2.24) is 0 Å². The van der Waals surface area contributed by atoms with Gasteiger partial charge in [-0.05, 0) is 87.6 Å². The summed E-state index contributed by atoms with van der Waals surface area (Å²) in [5, 5.41) is 7.28. The van der Waals surface area contributed by atoms with Gasteiger partial charge in [-0.2, -0.15) is 0 Å².